The van der Waals surface area contributed by atoms with Crippen LogP contribution in [-0.4, -0.2) is 19.6 Å². The van der Waals surface area contributed by atoms with Gasteiger partial charge in [-0.3, -0.25) is 4.99 Å². The Morgan fingerprint density at radius 1 is 1.50 bits per heavy atom. The molecule has 0 saturated heterocycles. The summed E-state index contributed by atoms with van der Waals surface area (Å²) in [7, 11) is 1.79. The molecular weight excluding hydrogens is 194 g/mol. The van der Waals surface area contributed by atoms with Crippen molar-refractivity contribution in [3.05, 3.63) is 22.4 Å². The van der Waals surface area contributed by atoms with E-state index >= 15 is 0 Å². The minimum atomic E-state index is 0.848. The topological polar surface area (TPSA) is 36.4 Å². The third-order valence-corrected chi connectivity index (χ3v) is 2.65. The van der Waals surface area contributed by atoms with Crippen LogP contribution in [0.3, 0.4) is 0 Å². The second-order valence-corrected chi connectivity index (χ2v) is 3.96. The Hall–Kier alpha value is -1.03. The highest BCUT2D eigenvalue weighted by Gasteiger charge is 1.96. The van der Waals surface area contributed by atoms with Gasteiger partial charge >= 0.3 is 0 Å². The number of thiophene rings is 1. The number of nitrogens with one attached hydrogen (secondary N) is 2. The summed E-state index contributed by atoms with van der Waals surface area (Å²) in [6.45, 7) is 3.95. The van der Waals surface area contributed by atoms with E-state index in [1.807, 2.05) is 0 Å². The van der Waals surface area contributed by atoms with E-state index in [1.165, 1.54) is 4.88 Å². The van der Waals surface area contributed by atoms with E-state index in [2.05, 4.69) is 40.1 Å². The van der Waals surface area contributed by atoms with Crippen LogP contribution >= 0.6 is 11.3 Å². The quantitative estimate of drug-likeness (QED) is 0.589. The maximum absolute atomic E-state index is 4.12. The second-order valence-electron chi connectivity index (χ2n) is 2.93. The highest BCUT2D eigenvalue weighted by Crippen LogP contribution is 2.06. The van der Waals surface area contributed by atoms with Gasteiger partial charge in [0.15, 0.2) is 5.96 Å². The zero-order valence-corrected chi connectivity index (χ0v) is 9.53. The smallest absolute Gasteiger partial charge is 0.191 e. The van der Waals surface area contributed by atoms with E-state index in [-0.39, 0.29) is 0 Å². The molecule has 14 heavy (non-hydrogen) atoms. The molecular formula is C10H17N3S. The first-order chi connectivity index (χ1) is 6.86. The lowest BCUT2D eigenvalue weighted by atomic mass is 10.4. The van der Waals surface area contributed by atoms with E-state index < -0.39 is 0 Å². The number of aliphatic imine (C=N–C) groups is 1. The normalized spacial score (nSPS) is 11.4. The first-order valence-electron chi connectivity index (χ1n) is 4.83. The lowest BCUT2D eigenvalue weighted by Gasteiger charge is -2.09. The third-order valence-electron chi connectivity index (χ3n) is 1.78. The highest BCUT2D eigenvalue weighted by atomic mass is 32.1. The van der Waals surface area contributed by atoms with Crippen LogP contribution in [0.5, 0.6) is 0 Å². The van der Waals surface area contributed by atoms with Gasteiger partial charge in [0, 0.05) is 18.5 Å². The van der Waals surface area contributed by atoms with Crippen molar-refractivity contribution in [1.82, 2.24) is 10.6 Å². The minimum Gasteiger partial charge on any atom is -0.356 e. The van der Waals surface area contributed by atoms with Crippen molar-refractivity contribution in [2.24, 2.45) is 4.99 Å². The molecule has 78 valence electrons. The van der Waals surface area contributed by atoms with Gasteiger partial charge in [-0.05, 0) is 17.9 Å². The van der Waals surface area contributed by atoms with Crippen LogP contribution in [0, 0.1) is 0 Å². The standard InChI is InChI=1S/C10H17N3S/c1-3-6-12-10(11-2)13-8-9-5-4-7-14-9/h4-5,7H,3,6,8H2,1-2H3,(H2,11,12,13). The van der Waals surface area contributed by atoms with Crippen LogP contribution in [0.25, 0.3) is 0 Å². The fraction of sp³-hybridized carbons (Fsp3) is 0.500. The minimum absolute atomic E-state index is 0.848. The molecule has 1 heterocycles. The van der Waals surface area contributed by atoms with Gasteiger partial charge in [-0.25, -0.2) is 0 Å². The molecule has 0 radical (unpaired) electrons. The predicted octanol–water partition coefficient (Wildman–Crippen LogP) is 1.82. The Kier molecular flexibility index (Phi) is 5.07. The zero-order chi connectivity index (χ0) is 10.2. The van der Waals surface area contributed by atoms with Gasteiger partial charge in [-0.15, -0.1) is 11.3 Å². The molecule has 0 aliphatic rings. The SMILES string of the molecule is CCCNC(=NC)NCc1cccs1. The predicted molar refractivity (Wildman–Crippen MR) is 62.8 cm³/mol. The summed E-state index contributed by atoms with van der Waals surface area (Å²) in [4.78, 5) is 5.45. The molecule has 0 amide bonds. The molecule has 0 unspecified atom stereocenters. The first-order valence-corrected chi connectivity index (χ1v) is 5.71. The van der Waals surface area contributed by atoms with Crippen molar-refractivity contribution >= 4 is 17.3 Å². The Bertz CT molecular complexity index is 267. The summed E-state index contributed by atoms with van der Waals surface area (Å²) >= 11 is 1.75. The molecule has 0 aliphatic heterocycles. The molecule has 1 aromatic rings. The van der Waals surface area contributed by atoms with Gasteiger partial charge in [-0.2, -0.15) is 0 Å². The molecule has 0 atom stereocenters. The lowest BCUT2D eigenvalue weighted by Crippen LogP contribution is -2.36. The molecule has 0 fully saturated rings. The molecule has 0 aromatic carbocycles. The van der Waals surface area contributed by atoms with E-state index in [1.54, 1.807) is 18.4 Å². The molecule has 0 bridgehead atoms. The summed E-state index contributed by atoms with van der Waals surface area (Å²) in [6, 6.07) is 4.18. The van der Waals surface area contributed by atoms with Gasteiger partial charge in [0.05, 0.1) is 6.54 Å². The lowest BCUT2D eigenvalue weighted by molar-refractivity contribution is 0.785. The van der Waals surface area contributed by atoms with Gasteiger partial charge < -0.3 is 10.6 Å². The summed E-state index contributed by atoms with van der Waals surface area (Å²) in [5.41, 5.74) is 0. The maximum Gasteiger partial charge on any atom is 0.191 e. The molecule has 3 nitrogen and oxygen atoms in total. The summed E-state index contributed by atoms with van der Waals surface area (Å²) in [6.07, 6.45) is 1.11. The molecule has 0 spiro atoms. The van der Waals surface area contributed by atoms with E-state index in [0.29, 0.717) is 0 Å². The van der Waals surface area contributed by atoms with E-state index in [9.17, 15) is 0 Å². The molecule has 0 saturated carbocycles. The van der Waals surface area contributed by atoms with Gasteiger partial charge in [0.25, 0.3) is 0 Å². The third kappa shape index (κ3) is 3.79. The number of hydrogen-bond acceptors (Lipinski definition) is 2. The van der Waals surface area contributed by atoms with E-state index in [0.717, 1.165) is 25.5 Å². The molecule has 1 rings (SSSR count). The number of nitrogens with zero attached hydrogens (tertiary/aromatic N) is 1. The summed E-state index contributed by atoms with van der Waals surface area (Å²) in [5.74, 6) is 0.875. The Balaban J connectivity index is 2.28. The van der Waals surface area contributed by atoms with Crippen molar-refractivity contribution in [2.75, 3.05) is 13.6 Å². The zero-order valence-electron chi connectivity index (χ0n) is 8.71. The molecule has 2 N–H and O–H groups in total. The monoisotopic (exact) mass is 211 g/mol. The van der Waals surface area contributed by atoms with Crippen LogP contribution in [0.1, 0.15) is 18.2 Å². The van der Waals surface area contributed by atoms with Gasteiger partial charge in [0.2, 0.25) is 0 Å². The van der Waals surface area contributed by atoms with Crippen LogP contribution < -0.4 is 10.6 Å². The van der Waals surface area contributed by atoms with Crippen molar-refractivity contribution in [3.8, 4) is 0 Å². The van der Waals surface area contributed by atoms with Crippen molar-refractivity contribution in [1.29, 1.82) is 0 Å². The van der Waals surface area contributed by atoms with Crippen LogP contribution in [0.2, 0.25) is 0 Å². The van der Waals surface area contributed by atoms with Crippen molar-refractivity contribution < 1.29 is 0 Å². The highest BCUT2D eigenvalue weighted by molar-refractivity contribution is 7.09. The Labute approximate surface area is 89.3 Å². The largest absolute Gasteiger partial charge is 0.356 e. The molecule has 0 aliphatic carbocycles. The average Bonchev–Trinajstić information content (AvgIpc) is 2.71. The Morgan fingerprint density at radius 3 is 2.93 bits per heavy atom. The van der Waals surface area contributed by atoms with Crippen LogP contribution in [0.15, 0.2) is 22.5 Å². The molecule has 1 aromatic heterocycles. The van der Waals surface area contributed by atoms with Gasteiger partial charge in [-0.1, -0.05) is 13.0 Å². The molecule has 4 heteroatoms. The van der Waals surface area contributed by atoms with Crippen molar-refractivity contribution in [3.63, 3.8) is 0 Å². The number of hydrogen-bond donors (Lipinski definition) is 2. The number of guanidine groups is 1. The van der Waals surface area contributed by atoms with E-state index in [4.69, 9.17) is 0 Å². The maximum atomic E-state index is 4.12. The summed E-state index contributed by atoms with van der Waals surface area (Å²) < 4.78 is 0. The fourth-order valence-electron chi connectivity index (χ4n) is 1.05. The van der Waals surface area contributed by atoms with Crippen LogP contribution in [-0.2, 0) is 6.54 Å². The number of rotatable bonds is 4. The summed E-state index contributed by atoms with van der Waals surface area (Å²) in [5, 5.41) is 8.56. The van der Waals surface area contributed by atoms with Crippen LogP contribution in [0.4, 0.5) is 0 Å². The first kappa shape index (κ1) is 11.0. The fourth-order valence-corrected chi connectivity index (χ4v) is 1.69. The Morgan fingerprint density at radius 2 is 2.36 bits per heavy atom. The van der Waals surface area contributed by atoms with Gasteiger partial charge in [0.1, 0.15) is 0 Å². The second kappa shape index (κ2) is 6.43. The average molecular weight is 211 g/mol. The van der Waals surface area contributed by atoms with Crippen molar-refractivity contribution in [2.45, 2.75) is 19.9 Å².